The Labute approximate surface area is 168 Å². The molecule has 2 aromatic carbocycles. The van der Waals surface area contributed by atoms with Crippen molar-refractivity contribution in [3.8, 4) is 18.2 Å². The van der Waals surface area contributed by atoms with Crippen LogP contribution in [-0.4, -0.2) is 16.9 Å². The van der Waals surface area contributed by atoms with Crippen molar-refractivity contribution < 1.29 is 14.7 Å². The number of hydrogen-bond acceptors (Lipinski definition) is 6. The molecule has 0 radical (unpaired) electrons. The Kier molecular flexibility index (Phi) is 6.65. The standard InChI is InChI=1S/C20H11BrN4O3/c21-15-6-4-12(5-7-15)20(28)16-3-1-2-13(8-18(26)27)19(16)25-17(11-24)14(9-22)10-23/h1-7,25H,8H2,(H,26,27). The van der Waals surface area contributed by atoms with Crippen molar-refractivity contribution in [3.05, 3.63) is 74.9 Å². The lowest BCUT2D eigenvalue weighted by atomic mass is 9.97. The number of carboxylic acids is 1. The summed E-state index contributed by atoms with van der Waals surface area (Å²) in [5.74, 6) is -1.55. The molecule has 0 aromatic heterocycles. The van der Waals surface area contributed by atoms with Gasteiger partial charge in [0.15, 0.2) is 11.4 Å². The van der Waals surface area contributed by atoms with Gasteiger partial charge in [-0.1, -0.05) is 28.1 Å². The summed E-state index contributed by atoms with van der Waals surface area (Å²) in [5.41, 5.74) is -0.0794. The van der Waals surface area contributed by atoms with E-state index in [2.05, 4.69) is 21.2 Å². The van der Waals surface area contributed by atoms with Gasteiger partial charge in [-0.25, -0.2) is 0 Å². The molecule has 2 N–H and O–H groups in total. The van der Waals surface area contributed by atoms with E-state index in [4.69, 9.17) is 15.6 Å². The fourth-order valence-electron chi connectivity index (χ4n) is 2.41. The molecule has 0 aliphatic carbocycles. The highest BCUT2D eigenvalue weighted by Gasteiger charge is 2.20. The van der Waals surface area contributed by atoms with Crippen molar-refractivity contribution in [2.75, 3.05) is 5.32 Å². The van der Waals surface area contributed by atoms with E-state index in [1.165, 1.54) is 18.2 Å². The van der Waals surface area contributed by atoms with Crippen LogP contribution in [0, 0.1) is 34.0 Å². The SMILES string of the molecule is N#CC(C#N)=C(C#N)Nc1c(CC(=O)O)cccc1C(=O)c1ccc(Br)cc1. The zero-order chi connectivity index (χ0) is 20.7. The number of anilines is 1. The fraction of sp³-hybridized carbons (Fsp3) is 0.0500. The number of allylic oxidation sites excluding steroid dienone is 2. The van der Waals surface area contributed by atoms with Crippen LogP contribution in [0.1, 0.15) is 21.5 Å². The highest BCUT2D eigenvalue weighted by atomic mass is 79.9. The Bertz CT molecular complexity index is 1080. The van der Waals surface area contributed by atoms with Gasteiger partial charge in [0.25, 0.3) is 0 Å². The first-order valence-electron chi connectivity index (χ1n) is 7.76. The Morgan fingerprint density at radius 1 is 1.00 bits per heavy atom. The largest absolute Gasteiger partial charge is 0.481 e. The Balaban J connectivity index is 2.65. The van der Waals surface area contributed by atoms with Gasteiger partial charge in [0, 0.05) is 15.6 Å². The molecule has 0 unspecified atom stereocenters. The van der Waals surface area contributed by atoms with E-state index < -0.39 is 23.7 Å². The lowest BCUT2D eigenvalue weighted by molar-refractivity contribution is -0.136. The lowest BCUT2D eigenvalue weighted by Gasteiger charge is -2.15. The molecule has 2 rings (SSSR count). The lowest BCUT2D eigenvalue weighted by Crippen LogP contribution is -2.13. The molecule has 0 spiro atoms. The normalized spacial score (nSPS) is 9.36. The van der Waals surface area contributed by atoms with Gasteiger partial charge in [-0.2, -0.15) is 15.8 Å². The first-order valence-corrected chi connectivity index (χ1v) is 8.56. The molecular formula is C20H11BrN4O3. The quantitative estimate of drug-likeness (QED) is 0.523. The van der Waals surface area contributed by atoms with Crippen molar-refractivity contribution in [1.29, 1.82) is 15.8 Å². The minimum absolute atomic E-state index is 0.0670. The molecule has 0 saturated heterocycles. The van der Waals surface area contributed by atoms with Crippen LogP contribution in [0.2, 0.25) is 0 Å². The second kappa shape index (κ2) is 9.14. The molecule has 0 bridgehead atoms. The molecule has 7 nitrogen and oxygen atoms in total. The van der Waals surface area contributed by atoms with Crippen molar-refractivity contribution >= 4 is 33.4 Å². The maximum absolute atomic E-state index is 13.0. The molecule has 8 heteroatoms. The van der Waals surface area contributed by atoms with Crippen molar-refractivity contribution in [2.24, 2.45) is 0 Å². The van der Waals surface area contributed by atoms with E-state index in [1.807, 2.05) is 0 Å². The Morgan fingerprint density at radius 3 is 2.18 bits per heavy atom. The number of carboxylic acid groups (broad SMARTS) is 1. The fourth-order valence-corrected chi connectivity index (χ4v) is 2.68. The second-order valence-electron chi connectivity index (χ2n) is 5.46. The zero-order valence-electron chi connectivity index (χ0n) is 14.2. The number of aliphatic carboxylic acids is 1. The minimum Gasteiger partial charge on any atom is -0.481 e. The summed E-state index contributed by atoms with van der Waals surface area (Å²) in [6.07, 6.45) is -0.420. The predicted octanol–water partition coefficient (Wildman–Crippen LogP) is 3.54. The number of ketones is 1. The third-order valence-electron chi connectivity index (χ3n) is 3.68. The van der Waals surface area contributed by atoms with Gasteiger partial charge >= 0.3 is 5.97 Å². The molecule has 0 amide bonds. The number of hydrogen-bond donors (Lipinski definition) is 2. The maximum Gasteiger partial charge on any atom is 0.307 e. The van der Waals surface area contributed by atoms with Crippen molar-refractivity contribution in [1.82, 2.24) is 0 Å². The number of carbonyl (C=O) groups excluding carboxylic acids is 1. The van der Waals surface area contributed by atoms with Gasteiger partial charge in [-0.3, -0.25) is 9.59 Å². The van der Waals surface area contributed by atoms with E-state index in [0.29, 0.717) is 5.56 Å². The summed E-state index contributed by atoms with van der Waals surface area (Å²) in [4.78, 5) is 24.2. The molecule has 0 heterocycles. The summed E-state index contributed by atoms with van der Waals surface area (Å²) in [6.45, 7) is 0. The third kappa shape index (κ3) is 4.62. The second-order valence-corrected chi connectivity index (χ2v) is 6.37. The number of nitrogens with zero attached hydrogens (tertiary/aromatic N) is 3. The predicted molar refractivity (Wildman–Crippen MR) is 103 cm³/mol. The van der Waals surface area contributed by atoms with E-state index in [9.17, 15) is 14.9 Å². The summed E-state index contributed by atoms with van der Waals surface area (Å²) in [7, 11) is 0. The number of nitriles is 3. The Hall–Kier alpha value is -3.93. The summed E-state index contributed by atoms with van der Waals surface area (Å²) >= 11 is 3.29. The van der Waals surface area contributed by atoms with Gasteiger partial charge in [0.1, 0.15) is 23.9 Å². The number of benzene rings is 2. The molecule has 0 atom stereocenters. The maximum atomic E-state index is 13.0. The molecule has 0 fully saturated rings. The minimum atomic E-state index is -1.14. The van der Waals surface area contributed by atoms with Crippen LogP contribution in [-0.2, 0) is 11.2 Å². The number of para-hydroxylation sites is 1. The van der Waals surface area contributed by atoms with Crippen LogP contribution >= 0.6 is 15.9 Å². The number of nitrogens with one attached hydrogen (secondary N) is 1. The van der Waals surface area contributed by atoms with Crippen molar-refractivity contribution in [3.63, 3.8) is 0 Å². The van der Waals surface area contributed by atoms with Crippen LogP contribution < -0.4 is 5.32 Å². The third-order valence-corrected chi connectivity index (χ3v) is 4.21. The zero-order valence-corrected chi connectivity index (χ0v) is 15.8. The van der Waals surface area contributed by atoms with Crippen molar-refractivity contribution in [2.45, 2.75) is 6.42 Å². The van der Waals surface area contributed by atoms with Gasteiger partial charge in [-0.05, 0) is 35.9 Å². The van der Waals surface area contributed by atoms with Crippen LogP contribution in [0.25, 0.3) is 0 Å². The first-order chi connectivity index (χ1) is 13.4. The van der Waals surface area contributed by atoms with Gasteiger partial charge in [-0.15, -0.1) is 0 Å². The highest BCUT2D eigenvalue weighted by molar-refractivity contribution is 9.10. The smallest absolute Gasteiger partial charge is 0.307 e. The van der Waals surface area contributed by atoms with Crippen LogP contribution in [0.15, 0.2) is 58.2 Å². The summed E-state index contributed by atoms with van der Waals surface area (Å²) < 4.78 is 0.782. The van der Waals surface area contributed by atoms with Crippen LogP contribution in [0.4, 0.5) is 5.69 Å². The Morgan fingerprint density at radius 2 is 1.64 bits per heavy atom. The molecule has 0 aliphatic heterocycles. The number of carbonyl (C=O) groups is 2. The van der Waals surface area contributed by atoms with E-state index >= 15 is 0 Å². The summed E-state index contributed by atoms with van der Waals surface area (Å²) in [6, 6.07) is 16.0. The van der Waals surface area contributed by atoms with Crippen LogP contribution in [0.3, 0.4) is 0 Å². The van der Waals surface area contributed by atoms with E-state index in [0.717, 1.165) is 4.47 Å². The summed E-state index contributed by atoms with van der Waals surface area (Å²) in [5, 5.41) is 39.1. The monoisotopic (exact) mass is 434 g/mol. The average molecular weight is 435 g/mol. The van der Waals surface area contributed by atoms with Gasteiger partial charge < -0.3 is 10.4 Å². The molecule has 0 saturated carbocycles. The van der Waals surface area contributed by atoms with Crippen LogP contribution in [0.5, 0.6) is 0 Å². The molecule has 2 aromatic rings. The molecule has 28 heavy (non-hydrogen) atoms. The topological polar surface area (TPSA) is 138 Å². The molecule has 136 valence electrons. The number of halogens is 1. The van der Waals surface area contributed by atoms with E-state index in [-0.39, 0.29) is 22.5 Å². The highest BCUT2D eigenvalue weighted by Crippen LogP contribution is 2.27. The number of rotatable bonds is 6. The van der Waals surface area contributed by atoms with Gasteiger partial charge in [0.05, 0.1) is 12.1 Å². The molecular weight excluding hydrogens is 424 g/mol. The van der Waals surface area contributed by atoms with E-state index in [1.54, 1.807) is 42.5 Å². The molecule has 0 aliphatic rings. The average Bonchev–Trinajstić information content (AvgIpc) is 2.68. The first kappa shape index (κ1) is 20.4. The van der Waals surface area contributed by atoms with Gasteiger partial charge in [0.2, 0.25) is 0 Å².